The topological polar surface area (TPSA) is 57.4 Å². The maximum absolute atomic E-state index is 5.82. The smallest absolute Gasteiger partial charge is 0.240 e. The molecule has 18 heavy (non-hydrogen) atoms. The van der Waals surface area contributed by atoms with Crippen LogP contribution < -0.4 is 15.2 Å². The quantitative estimate of drug-likeness (QED) is 0.809. The van der Waals surface area contributed by atoms with Gasteiger partial charge in [-0.05, 0) is 25.3 Å². The van der Waals surface area contributed by atoms with Crippen LogP contribution in [0.4, 0.5) is 5.69 Å². The maximum atomic E-state index is 5.82. The number of nitrogens with zero attached hydrogens (tertiary/aromatic N) is 1. The van der Waals surface area contributed by atoms with Crippen molar-refractivity contribution in [1.29, 1.82) is 0 Å². The van der Waals surface area contributed by atoms with E-state index in [1.807, 2.05) is 6.92 Å². The zero-order valence-corrected chi connectivity index (χ0v) is 11.8. The Hall–Kier alpha value is -1.45. The van der Waals surface area contributed by atoms with Gasteiger partial charge in [-0.1, -0.05) is 27.2 Å². The van der Waals surface area contributed by atoms with Gasteiger partial charge in [0.15, 0.2) is 0 Å². The van der Waals surface area contributed by atoms with E-state index in [0.29, 0.717) is 30.0 Å². The molecule has 1 aromatic heterocycles. The summed E-state index contributed by atoms with van der Waals surface area (Å²) in [4.78, 5) is 4.30. The van der Waals surface area contributed by atoms with Gasteiger partial charge in [0.25, 0.3) is 0 Å². The van der Waals surface area contributed by atoms with Gasteiger partial charge in [0.2, 0.25) is 11.8 Å². The van der Waals surface area contributed by atoms with Crippen LogP contribution >= 0.6 is 0 Å². The molecule has 0 aliphatic carbocycles. The van der Waals surface area contributed by atoms with Crippen molar-refractivity contribution < 1.29 is 9.47 Å². The van der Waals surface area contributed by atoms with Gasteiger partial charge in [-0.25, -0.2) is 0 Å². The second-order valence-corrected chi connectivity index (χ2v) is 4.97. The minimum atomic E-state index is 0.157. The maximum Gasteiger partial charge on any atom is 0.240 e. The van der Waals surface area contributed by atoms with E-state index in [2.05, 4.69) is 25.8 Å². The Bertz CT molecular complexity index is 367. The van der Waals surface area contributed by atoms with Crippen LogP contribution in [0.15, 0.2) is 12.1 Å². The highest BCUT2D eigenvalue weighted by Gasteiger charge is 2.09. The third-order valence-corrected chi connectivity index (χ3v) is 2.43. The number of anilines is 1. The third-order valence-electron chi connectivity index (χ3n) is 2.43. The molecule has 0 aliphatic rings. The van der Waals surface area contributed by atoms with Gasteiger partial charge in [0, 0.05) is 6.07 Å². The van der Waals surface area contributed by atoms with E-state index in [0.717, 1.165) is 12.8 Å². The number of aromatic nitrogens is 1. The van der Waals surface area contributed by atoms with Gasteiger partial charge in [-0.2, -0.15) is 4.98 Å². The zero-order chi connectivity index (χ0) is 13.5. The lowest BCUT2D eigenvalue weighted by atomic mass is 10.2. The highest BCUT2D eigenvalue weighted by Crippen LogP contribution is 2.23. The van der Waals surface area contributed by atoms with Crippen molar-refractivity contribution in [2.24, 2.45) is 5.92 Å². The molecule has 1 aromatic rings. The average molecular weight is 252 g/mol. The SMILES string of the molecule is CCCC(C)Oc1ccc(N)c(OCC(C)C)n1. The summed E-state index contributed by atoms with van der Waals surface area (Å²) >= 11 is 0. The fourth-order valence-electron chi connectivity index (χ4n) is 1.53. The van der Waals surface area contributed by atoms with E-state index < -0.39 is 0 Å². The summed E-state index contributed by atoms with van der Waals surface area (Å²) in [6, 6.07) is 3.56. The minimum absolute atomic E-state index is 0.157. The Morgan fingerprint density at radius 2 is 2.00 bits per heavy atom. The van der Waals surface area contributed by atoms with Crippen molar-refractivity contribution in [1.82, 2.24) is 4.98 Å². The van der Waals surface area contributed by atoms with Crippen LogP contribution in [0.5, 0.6) is 11.8 Å². The molecule has 0 amide bonds. The molecule has 0 fully saturated rings. The Morgan fingerprint density at radius 3 is 2.61 bits per heavy atom. The van der Waals surface area contributed by atoms with Gasteiger partial charge >= 0.3 is 0 Å². The van der Waals surface area contributed by atoms with E-state index in [9.17, 15) is 0 Å². The van der Waals surface area contributed by atoms with Crippen molar-refractivity contribution in [2.75, 3.05) is 12.3 Å². The fraction of sp³-hybridized carbons (Fsp3) is 0.643. The van der Waals surface area contributed by atoms with Crippen molar-refractivity contribution in [2.45, 2.75) is 46.6 Å². The Morgan fingerprint density at radius 1 is 1.28 bits per heavy atom. The van der Waals surface area contributed by atoms with Gasteiger partial charge in [-0.15, -0.1) is 0 Å². The molecular weight excluding hydrogens is 228 g/mol. The molecule has 0 saturated heterocycles. The van der Waals surface area contributed by atoms with Crippen LogP contribution in [0.1, 0.15) is 40.5 Å². The molecule has 4 nitrogen and oxygen atoms in total. The summed E-state index contributed by atoms with van der Waals surface area (Å²) < 4.78 is 11.3. The number of pyridine rings is 1. The minimum Gasteiger partial charge on any atom is -0.476 e. The summed E-state index contributed by atoms with van der Waals surface area (Å²) in [5.74, 6) is 1.48. The largest absolute Gasteiger partial charge is 0.476 e. The summed E-state index contributed by atoms with van der Waals surface area (Å²) in [6.07, 6.45) is 2.25. The van der Waals surface area contributed by atoms with Crippen LogP contribution in [-0.4, -0.2) is 17.7 Å². The van der Waals surface area contributed by atoms with Crippen LogP contribution in [0.25, 0.3) is 0 Å². The monoisotopic (exact) mass is 252 g/mol. The zero-order valence-electron chi connectivity index (χ0n) is 11.8. The summed E-state index contributed by atoms with van der Waals surface area (Å²) in [7, 11) is 0. The first-order chi connectivity index (χ1) is 8.52. The Kier molecular flexibility index (Phi) is 5.75. The third kappa shape index (κ3) is 4.82. The molecule has 0 spiro atoms. The van der Waals surface area contributed by atoms with E-state index >= 15 is 0 Å². The van der Waals surface area contributed by atoms with Gasteiger partial charge in [0.05, 0.1) is 18.4 Å². The Balaban J connectivity index is 2.67. The molecule has 1 heterocycles. The number of ether oxygens (including phenoxy) is 2. The van der Waals surface area contributed by atoms with Crippen molar-refractivity contribution in [3.8, 4) is 11.8 Å². The van der Waals surface area contributed by atoms with Gasteiger partial charge in [-0.3, -0.25) is 0 Å². The second-order valence-electron chi connectivity index (χ2n) is 4.97. The first kappa shape index (κ1) is 14.6. The molecule has 102 valence electrons. The van der Waals surface area contributed by atoms with Crippen LogP contribution in [0.3, 0.4) is 0 Å². The number of hydrogen-bond donors (Lipinski definition) is 1. The molecule has 4 heteroatoms. The predicted molar refractivity (Wildman–Crippen MR) is 74.0 cm³/mol. The first-order valence-electron chi connectivity index (χ1n) is 6.58. The molecule has 1 atom stereocenters. The molecule has 0 saturated carbocycles. The van der Waals surface area contributed by atoms with Crippen LogP contribution in [0, 0.1) is 5.92 Å². The normalized spacial score (nSPS) is 12.5. The fourth-order valence-corrected chi connectivity index (χ4v) is 1.53. The van der Waals surface area contributed by atoms with Crippen LogP contribution in [0.2, 0.25) is 0 Å². The predicted octanol–water partition coefficient (Wildman–Crippen LogP) is 3.27. The van der Waals surface area contributed by atoms with Gasteiger partial charge < -0.3 is 15.2 Å². The molecular formula is C14H24N2O2. The first-order valence-corrected chi connectivity index (χ1v) is 6.58. The molecule has 1 unspecified atom stereocenters. The number of rotatable bonds is 7. The standard InChI is InChI=1S/C14H24N2O2/c1-5-6-11(4)18-13-8-7-12(15)14(16-13)17-9-10(2)3/h7-8,10-11H,5-6,9,15H2,1-4H3. The molecule has 0 radical (unpaired) electrons. The van der Waals surface area contributed by atoms with E-state index in [4.69, 9.17) is 15.2 Å². The summed E-state index contributed by atoms with van der Waals surface area (Å²) in [5, 5.41) is 0. The lowest BCUT2D eigenvalue weighted by Crippen LogP contribution is -2.13. The lowest BCUT2D eigenvalue weighted by Gasteiger charge is -2.15. The highest BCUT2D eigenvalue weighted by atomic mass is 16.5. The van der Waals surface area contributed by atoms with Crippen molar-refractivity contribution in [3.63, 3.8) is 0 Å². The lowest BCUT2D eigenvalue weighted by molar-refractivity contribution is 0.196. The summed E-state index contributed by atoms with van der Waals surface area (Å²) in [6.45, 7) is 8.94. The highest BCUT2D eigenvalue weighted by molar-refractivity contribution is 5.49. The number of nitrogens with two attached hydrogens (primary N) is 1. The van der Waals surface area contributed by atoms with Crippen molar-refractivity contribution in [3.05, 3.63) is 12.1 Å². The van der Waals surface area contributed by atoms with E-state index in [1.54, 1.807) is 12.1 Å². The molecule has 0 bridgehead atoms. The van der Waals surface area contributed by atoms with E-state index in [1.165, 1.54) is 0 Å². The van der Waals surface area contributed by atoms with E-state index in [-0.39, 0.29) is 6.10 Å². The molecule has 2 N–H and O–H groups in total. The average Bonchev–Trinajstić information content (AvgIpc) is 2.30. The number of nitrogen functional groups attached to an aromatic ring is 1. The Labute approximate surface area is 110 Å². The van der Waals surface area contributed by atoms with Crippen molar-refractivity contribution >= 4 is 5.69 Å². The van der Waals surface area contributed by atoms with Gasteiger partial charge in [0.1, 0.15) is 0 Å². The second kappa shape index (κ2) is 7.09. The molecule has 0 aliphatic heterocycles. The number of hydrogen-bond acceptors (Lipinski definition) is 4. The van der Waals surface area contributed by atoms with Crippen LogP contribution in [-0.2, 0) is 0 Å². The molecule has 0 aromatic carbocycles. The molecule has 1 rings (SSSR count). The summed E-state index contributed by atoms with van der Waals surface area (Å²) in [5.41, 5.74) is 6.37.